The summed E-state index contributed by atoms with van der Waals surface area (Å²) in [5.74, 6) is -0.594. The van der Waals surface area contributed by atoms with E-state index < -0.39 is 5.91 Å². The van der Waals surface area contributed by atoms with Gasteiger partial charge in [0.15, 0.2) is 0 Å². The number of nitrogens with zero attached hydrogens (tertiary/aromatic N) is 2. The van der Waals surface area contributed by atoms with E-state index >= 15 is 0 Å². The van der Waals surface area contributed by atoms with E-state index in [0.717, 1.165) is 15.8 Å². The molecule has 0 saturated heterocycles. The number of anilines is 2. The molecule has 0 aliphatic heterocycles. The molecule has 1 heterocycles. The van der Waals surface area contributed by atoms with E-state index in [-0.39, 0.29) is 18.0 Å². The number of nitrogens with one attached hydrogen (secondary N) is 2. The molecule has 7 heteroatoms. The van der Waals surface area contributed by atoms with Crippen LogP contribution in [0.5, 0.6) is 0 Å². The van der Waals surface area contributed by atoms with E-state index in [2.05, 4.69) is 15.7 Å². The molecule has 0 fully saturated rings. The number of carbonyl (C=O) groups is 2. The molecule has 0 radical (unpaired) electrons. The van der Waals surface area contributed by atoms with Crippen molar-refractivity contribution in [1.82, 2.24) is 9.78 Å². The van der Waals surface area contributed by atoms with Crippen molar-refractivity contribution in [3.63, 3.8) is 0 Å². The van der Waals surface area contributed by atoms with Crippen LogP contribution in [-0.4, -0.2) is 21.6 Å². The van der Waals surface area contributed by atoms with Gasteiger partial charge in [-0.3, -0.25) is 14.4 Å². The van der Waals surface area contributed by atoms with E-state index in [1.165, 1.54) is 13.0 Å². The molecule has 0 unspecified atom stereocenters. The number of carbonyl (C=O) groups excluding carboxylic acids is 2. The second kappa shape index (κ2) is 8.30. The van der Waals surface area contributed by atoms with Gasteiger partial charge in [0.25, 0.3) is 5.56 Å². The molecule has 7 nitrogen and oxygen atoms in total. The molecule has 2 aromatic carbocycles. The molecule has 0 aliphatic rings. The van der Waals surface area contributed by atoms with Gasteiger partial charge in [-0.2, -0.15) is 5.10 Å². The molecule has 2 amide bonds. The molecule has 142 valence electrons. The summed E-state index contributed by atoms with van der Waals surface area (Å²) in [6, 6.07) is 17.5. The van der Waals surface area contributed by atoms with Crippen molar-refractivity contribution in [3.8, 4) is 11.3 Å². The normalized spacial score (nSPS) is 10.4. The summed E-state index contributed by atoms with van der Waals surface area (Å²) in [5.41, 5.74) is 3.28. The van der Waals surface area contributed by atoms with Crippen molar-refractivity contribution in [3.05, 3.63) is 76.6 Å². The Morgan fingerprint density at radius 2 is 1.68 bits per heavy atom. The van der Waals surface area contributed by atoms with E-state index in [4.69, 9.17) is 0 Å². The standard InChI is InChI=1S/C21H20N4O3/c1-14-6-3-4-9-18(14)19-10-11-21(28)25(24-19)13-20(27)23-17-8-5-7-16(12-17)22-15(2)26/h3-12H,13H2,1-2H3,(H,22,26)(H,23,27). The van der Waals surface area contributed by atoms with Crippen molar-refractivity contribution in [2.75, 3.05) is 10.6 Å². The Morgan fingerprint density at radius 1 is 0.964 bits per heavy atom. The maximum Gasteiger partial charge on any atom is 0.267 e. The Labute approximate surface area is 162 Å². The summed E-state index contributed by atoms with van der Waals surface area (Å²) in [6.45, 7) is 3.15. The third-order valence-corrected chi connectivity index (χ3v) is 4.05. The molecular weight excluding hydrogens is 356 g/mol. The van der Waals surface area contributed by atoms with Crippen LogP contribution in [0.1, 0.15) is 12.5 Å². The quantitative estimate of drug-likeness (QED) is 0.716. The van der Waals surface area contributed by atoms with Gasteiger partial charge in [-0.05, 0) is 36.8 Å². The first-order valence-electron chi connectivity index (χ1n) is 8.74. The number of hydrogen-bond acceptors (Lipinski definition) is 4. The minimum absolute atomic E-state index is 0.202. The highest BCUT2D eigenvalue weighted by Crippen LogP contribution is 2.19. The van der Waals surface area contributed by atoms with Crippen LogP contribution >= 0.6 is 0 Å². The maximum absolute atomic E-state index is 12.4. The van der Waals surface area contributed by atoms with Gasteiger partial charge < -0.3 is 10.6 Å². The number of benzene rings is 2. The van der Waals surface area contributed by atoms with Crippen molar-refractivity contribution >= 4 is 23.2 Å². The van der Waals surface area contributed by atoms with Crippen LogP contribution in [0.15, 0.2) is 65.5 Å². The molecule has 3 aromatic rings. The summed E-state index contributed by atoms with van der Waals surface area (Å²) in [6.07, 6.45) is 0. The molecule has 28 heavy (non-hydrogen) atoms. The predicted octanol–water partition coefficient (Wildman–Crippen LogP) is 2.82. The molecule has 0 bridgehead atoms. The summed E-state index contributed by atoms with van der Waals surface area (Å²) in [5, 5.41) is 9.69. The monoisotopic (exact) mass is 376 g/mol. The van der Waals surface area contributed by atoms with E-state index in [9.17, 15) is 14.4 Å². The zero-order valence-electron chi connectivity index (χ0n) is 15.6. The highest BCUT2D eigenvalue weighted by Gasteiger charge is 2.10. The minimum Gasteiger partial charge on any atom is -0.326 e. The highest BCUT2D eigenvalue weighted by molar-refractivity contribution is 5.93. The highest BCUT2D eigenvalue weighted by atomic mass is 16.2. The fourth-order valence-electron chi connectivity index (χ4n) is 2.78. The van der Waals surface area contributed by atoms with Crippen molar-refractivity contribution < 1.29 is 9.59 Å². The van der Waals surface area contributed by atoms with Gasteiger partial charge in [0.05, 0.1) is 5.69 Å². The number of aromatic nitrogens is 2. The van der Waals surface area contributed by atoms with Gasteiger partial charge in [0.2, 0.25) is 11.8 Å². The Balaban J connectivity index is 1.77. The Bertz CT molecular complexity index is 1090. The molecule has 2 N–H and O–H groups in total. The first-order chi connectivity index (χ1) is 13.4. The van der Waals surface area contributed by atoms with Crippen LogP contribution in [0.25, 0.3) is 11.3 Å². The van der Waals surface area contributed by atoms with Crippen LogP contribution in [0.3, 0.4) is 0 Å². The van der Waals surface area contributed by atoms with Gasteiger partial charge in [0.1, 0.15) is 6.54 Å². The van der Waals surface area contributed by atoms with Crippen LogP contribution in [-0.2, 0) is 16.1 Å². The number of amides is 2. The van der Waals surface area contributed by atoms with Crippen molar-refractivity contribution in [2.45, 2.75) is 20.4 Å². The maximum atomic E-state index is 12.4. The van der Waals surface area contributed by atoms with Crippen molar-refractivity contribution in [2.24, 2.45) is 0 Å². The largest absolute Gasteiger partial charge is 0.326 e. The van der Waals surface area contributed by atoms with Gasteiger partial charge in [-0.15, -0.1) is 0 Å². The first-order valence-corrected chi connectivity index (χ1v) is 8.74. The SMILES string of the molecule is CC(=O)Nc1cccc(NC(=O)Cn2nc(-c3ccccc3C)ccc2=O)c1. The van der Waals surface area contributed by atoms with Crippen LogP contribution < -0.4 is 16.2 Å². The summed E-state index contributed by atoms with van der Waals surface area (Å²) in [4.78, 5) is 35.7. The molecule has 0 atom stereocenters. The lowest BCUT2D eigenvalue weighted by molar-refractivity contribution is -0.117. The number of hydrogen-bond donors (Lipinski definition) is 2. The second-order valence-corrected chi connectivity index (χ2v) is 6.34. The average molecular weight is 376 g/mol. The molecule has 1 aromatic heterocycles. The number of aryl methyl sites for hydroxylation is 1. The minimum atomic E-state index is -0.392. The Hall–Kier alpha value is -3.74. The zero-order chi connectivity index (χ0) is 20.1. The molecular formula is C21H20N4O3. The van der Waals surface area contributed by atoms with Crippen LogP contribution in [0.4, 0.5) is 11.4 Å². The lowest BCUT2D eigenvalue weighted by Gasteiger charge is -2.10. The number of rotatable bonds is 5. The van der Waals surface area contributed by atoms with E-state index in [0.29, 0.717) is 17.1 Å². The first kappa shape index (κ1) is 19.0. The van der Waals surface area contributed by atoms with E-state index in [1.807, 2.05) is 31.2 Å². The molecule has 3 rings (SSSR count). The van der Waals surface area contributed by atoms with Gasteiger partial charge in [-0.25, -0.2) is 4.68 Å². The van der Waals surface area contributed by atoms with Crippen LogP contribution in [0, 0.1) is 6.92 Å². The molecule has 0 aliphatic carbocycles. The summed E-state index contributed by atoms with van der Waals surface area (Å²) in [7, 11) is 0. The van der Waals surface area contributed by atoms with Crippen LogP contribution in [0.2, 0.25) is 0 Å². The predicted molar refractivity (Wildman–Crippen MR) is 108 cm³/mol. The summed E-state index contributed by atoms with van der Waals surface area (Å²) >= 11 is 0. The van der Waals surface area contributed by atoms with E-state index in [1.54, 1.807) is 30.3 Å². The zero-order valence-corrected chi connectivity index (χ0v) is 15.6. The second-order valence-electron chi connectivity index (χ2n) is 6.34. The Kier molecular flexibility index (Phi) is 5.64. The third-order valence-electron chi connectivity index (χ3n) is 4.05. The van der Waals surface area contributed by atoms with Gasteiger partial charge >= 0.3 is 0 Å². The van der Waals surface area contributed by atoms with Gasteiger partial charge in [0, 0.05) is 29.9 Å². The van der Waals surface area contributed by atoms with Crippen molar-refractivity contribution in [1.29, 1.82) is 0 Å². The lowest BCUT2D eigenvalue weighted by atomic mass is 10.1. The topological polar surface area (TPSA) is 93.1 Å². The van der Waals surface area contributed by atoms with Gasteiger partial charge in [-0.1, -0.05) is 30.3 Å². The smallest absolute Gasteiger partial charge is 0.267 e. The average Bonchev–Trinajstić information content (AvgIpc) is 2.64. The molecule has 0 saturated carbocycles. The fourth-order valence-corrected chi connectivity index (χ4v) is 2.78. The lowest BCUT2D eigenvalue weighted by Crippen LogP contribution is -2.29. The third kappa shape index (κ3) is 4.70. The molecule has 0 spiro atoms. The fraction of sp³-hybridized carbons (Fsp3) is 0.143. The Morgan fingerprint density at radius 3 is 2.39 bits per heavy atom. The summed E-state index contributed by atoms with van der Waals surface area (Å²) < 4.78 is 1.13.